The van der Waals surface area contributed by atoms with E-state index in [1.165, 1.54) is 18.3 Å². The van der Waals surface area contributed by atoms with E-state index >= 15 is 0 Å². The van der Waals surface area contributed by atoms with Crippen molar-refractivity contribution < 1.29 is 9.12 Å². The number of aromatic nitrogens is 1. The van der Waals surface area contributed by atoms with Crippen LogP contribution in [0.4, 0.5) is 4.39 Å². The number of pyridine rings is 1. The van der Waals surface area contributed by atoms with Gasteiger partial charge in [0, 0.05) is 17.0 Å². The van der Waals surface area contributed by atoms with Crippen LogP contribution in [0, 0.1) is 11.0 Å². The van der Waals surface area contributed by atoms with Gasteiger partial charge in [0.15, 0.2) is 6.20 Å². The van der Waals surface area contributed by atoms with Crippen molar-refractivity contribution in [3.8, 4) is 11.3 Å². The zero-order valence-electron chi connectivity index (χ0n) is 9.51. The first-order chi connectivity index (χ1) is 8.74. The minimum atomic E-state index is -0.301. The van der Waals surface area contributed by atoms with Crippen LogP contribution in [0.1, 0.15) is 0 Å². The molecule has 0 N–H and O–H groups in total. The molecule has 3 aromatic rings. The highest BCUT2D eigenvalue weighted by Crippen LogP contribution is 2.21. The van der Waals surface area contributed by atoms with Crippen molar-refractivity contribution in [1.82, 2.24) is 0 Å². The second-order valence-corrected chi connectivity index (χ2v) is 4.12. The number of hydrogen-bond donors (Lipinski definition) is 0. The van der Waals surface area contributed by atoms with E-state index in [0.717, 1.165) is 21.1 Å². The van der Waals surface area contributed by atoms with Crippen molar-refractivity contribution in [2.24, 2.45) is 0 Å². The van der Waals surface area contributed by atoms with Gasteiger partial charge >= 0.3 is 0 Å². The second kappa shape index (κ2) is 4.11. The zero-order valence-corrected chi connectivity index (χ0v) is 9.51. The molecule has 3 rings (SSSR count). The molecule has 0 atom stereocenters. The Labute approximate surface area is 104 Å². The van der Waals surface area contributed by atoms with E-state index in [0.29, 0.717) is 5.69 Å². The molecule has 0 radical (unpaired) electrons. The smallest absolute Gasteiger partial charge is 0.224 e. The molecule has 2 aromatic carbocycles. The Kier molecular flexibility index (Phi) is 2.45. The predicted molar refractivity (Wildman–Crippen MR) is 68.3 cm³/mol. The van der Waals surface area contributed by atoms with E-state index < -0.39 is 0 Å². The molecule has 88 valence electrons. The van der Waals surface area contributed by atoms with E-state index in [-0.39, 0.29) is 5.82 Å². The summed E-state index contributed by atoms with van der Waals surface area (Å²) < 4.78 is 14.0. The molecule has 1 heterocycles. The van der Waals surface area contributed by atoms with Crippen molar-refractivity contribution in [2.45, 2.75) is 0 Å². The summed E-state index contributed by atoms with van der Waals surface area (Å²) in [6, 6.07) is 15.4. The molecule has 0 amide bonds. The Balaban J connectivity index is 2.27. The normalized spacial score (nSPS) is 10.7. The van der Waals surface area contributed by atoms with Crippen molar-refractivity contribution in [2.75, 3.05) is 0 Å². The minimum absolute atomic E-state index is 0.301. The summed E-state index contributed by atoms with van der Waals surface area (Å²) in [4.78, 5) is 0. The molecule has 1 aromatic heterocycles. The van der Waals surface area contributed by atoms with Gasteiger partial charge in [0.2, 0.25) is 5.69 Å². The molecule has 0 saturated heterocycles. The third-order valence-corrected chi connectivity index (χ3v) is 2.90. The van der Waals surface area contributed by atoms with Gasteiger partial charge < -0.3 is 5.21 Å². The fraction of sp³-hybridized carbons (Fsp3) is 0. The van der Waals surface area contributed by atoms with Crippen LogP contribution >= 0.6 is 0 Å². The molecule has 0 saturated carbocycles. The van der Waals surface area contributed by atoms with Gasteiger partial charge in [-0.15, -0.1) is 0 Å². The summed E-state index contributed by atoms with van der Waals surface area (Å²) in [5.41, 5.74) is 1.34. The van der Waals surface area contributed by atoms with Crippen molar-refractivity contribution in [3.63, 3.8) is 0 Å². The number of hydrogen-bond acceptors (Lipinski definition) is 1. The van der Waals surface area contributed by atoms with E-state index in [9.17, 15) is 9.60 Å². The lowest BCUT2D eigenvalue weighted by atomic mass is 10.1. The highest BCUT2D eigenvalue weighted by atomic mass is 19.1. The lowest BCUT2D eigenvalue weighted by Gasteiger charge is -2.06. The monoisotopic (exact) mass is 239 g/mol. The van der Waals surface area contributed by atoms with Gasteiger partial charge in [-0.05, 0) is 35.7 Å². The van der Waals surface area contributed by atoms with Gasteiger partial charge in [-0.3, -0.25) is 0 Å². The molecular formula is C15H10FNO. The topological polar surface area (TPSA) is 26.9 Å². The SMILES string of the molecule is [O-][n+]1cc2ccc(F)cc2cc1-c1ccccc1. The molecule has 0 unspecified atom stereocenters. The van der Waals surface area contributed by atoms with Gasteiger partial charge in [-0.1, -0.05) is 18.2 Å². The van der Waals surface area contributed by atoms with Crippen molar-refractivity contribution in [1.29, 1.82) is 0 Å². The van der Waals surface area contributed by atoms with E-state index in [4.69, 9.17) is 0 Å². The molecule has 18 heavy (non-hydrogen) atoms. The van der Waals surface area contributed by atoms with Gasteiger partial charge in [0.05, 0.1) is 0 Å². The van der Waals surface area contributed by atoms with Crippen LogP contribution in [0.5, 0.6) is 0 Å². The molecule has 0 aliphatic rings. The Bertz CT molecular complexity index is 710. The van der Waals surface area contributed by atoms with Gasteiger partial charge in [0.1, 0.15) is 5.82 Å². The number of benzene rings is 2. The molecule has 3 heteroatoms. The first kappa shape index (κ1) is 10.7. The highest BCUT2D eigenvalue weighted by molar-refractivity contribution is 5.83. The molecule has 0 fully saturated rings. The van der Waals surface area contributed by atoms with Crippen LogP contribution in [0.3, 0.4) is 0 Å². The van der Waals surface area contributed by atoms with Crippen molar-refractivity contribution >= 4 is 10.8 Å². The quantitative estimate of drug-likeness (QED) is 0.473. The fourth-order valence-corrected chi connectivity index (χ4v) is 2.01. The largest absolute Gasteiger partial charge is 0.618 e. The summed E-state index contributed by atoms with van der Waals surface area (Å²) >= 11 is 0. The molecule has 0 spiro atoms. The van der Waals surface area contributed by atoms with Crippen LogP contribution in [-0.2, 0) is 0 Å². The van der Waals surface area contributed by atoms with Gasteiger partial charge in [-0.2, -0.15) is 4.73 Å². The van der Waals surface area contributed by atoms with E-state index in [1.54, 1.807) is 12.1 Å². The Morgan fingerprint density at radius 2 is 1.67 bits per heavy atom. The Morgan fingerprint density at radius 3 is 2.44 bits per heavy atom. The van der Waals surface area contributed by atoms with E-state index in [1.807, 2.05) is 30.3 Å². The maximum Gasteiger partial charge on any atom is 0.224 e. The number of rotatable bonds is 1. The first-order valence-corrected chi connectivity index (χ1v) is 5.62. The van der Waals surface area contributed by atoms with Crippen LogP contribution in [0.25, 0.3) is 22.0 Å². The summed E-state index contributed by atoms with van der Waals surface area (Å²) in [5.74, 6) is -0.301. The Morgan fingerprint density at radius 1 is 0.889 bits per heavy atom. The zero-order chi connectivity index (χ0) is 12.5. The standard InChI is InChI=1S/C15H10FNO/c16-14-7-6-12-10-17(18)15(9-13(12)8-14)11-4-2-1-3-5-11/h1-10H. The third kappa shape index (κ3) is 1.80. The summed E-state index contributed by atoms with van der Waals surface area (Å²) in [5, 5.41) is 13.4. The average Bonchev–Trinajstić information content (AvgIpc) is 2.39. The van der Waals surface area contributed by atoms with Crippen LogP contribution in [0.2, 0.25) is 0 Å². The molecular weight excluding hydrogens is 229 g/mol. The van der Waals surface area contributed by atoms with Crippen molar-refractivity contribution in [3.05, 3.63) is 71.8 Å². The number of nitrogens with zero attached hydrogens (tertiary/aromatic N) is 1. The molecule has 2 nitrogen and oxygen atoms in total. The highest BCUT2D eigenvalue weighted by Gasteiger charge is 2.10. The number of fused-ring (bicyclic) bond motifs is 1. The summed E-state index contributed by atoms with van der Waals surface area (Å²) in [7, 11) is 0. The van der Waals surface area contributed by atoms with E-state index in [2.05, 4.69) is 0 Å². The van der Waals surface area contributed by atoms with Crippen LogP contribution in [0.15, 0.2) is 60.8 Å². The molecule has 0 aliphatic heterocycles. The number of halogens is 1. The van der Waals surface area contributed by atoms with Gasteiger partial charge in [-0.25, -0.2) is 4.39 Å². The summed E-state index contributed by atoms with van der Waals surface area (Å²) in [6.07, 6.45) is 1.47. The summed E-state index contributed by atoms with van der Waals surface area (Å²) in [6.45, 7) is 0. The predicted octanol–water partition coefficient (Wildman–Crippen LogP) is 3.28. The average molecular weight is 239 g/mol. The Hall–Kier alpha value is -2.42. The second-order valence-electron chi connectivity index (χ2n) is 4.12. The lowest BCUT2D eigenvalue weighted by Crippen LogP contribution is -2.28. The van der Waals surface area contributed by atoms with Crippen LogP contribution < -0.4 is 4.73 Å². The third-order valence-electron chi connectivity index (χ3n) is 2.90. The van der Waals surface area contributed by atoms with Crippen LogP contribution in [-0.4, -0.2) is 0 Å². The maximum atomic E-state index is 13.2. The first-order valence-electron chi connectivity index (χ1n) is 5.62. The molecule has 0 bridgehead atoms. The lowest BCUT2D eigenvalue weighted by molar-refractivity contribution is -0.592. The van der Waals surface area contributed by atoms with Gasteiger partial charge in [0.25, 0.3) is 0 Å². The fourth-order valence-electron chi connectivity index (χ4n) is 2.01. The molecule has 0 aliphatic carbocycles. The maximum absolute atomic E-state index is 13.2. The minimum Gasteiger partial charge on any atom is -0.618 e.